The monoisotopic (exact) mass is 413 g/mol. The van der Waals surface area contributed by atoms with Crippen LogP contribution in [0.4, 0.5) is 0 Å². The molecule has 3 N–H and O–H groups in total. The Balaban J connectivity index is 0.000000351. The van der Waals surface area contributed by atoms with Gasteiger partial charge in [0.05, 0.1) is 11.5 Å². The minimum absolute atomic E-state index is 0.148. The van der Waals surface area contributed by atoms with Crippen LogP contribution >= 0.6 is 11.3 Å². The third-order valence-corrected chi connectivity index (χ3v) is 4.96. The van der Waals surface area contributed by atoms with E-state index in [9.17, 15) is 9.59 Å². The number of hydrogen-bond donors (Lipinski definition) is 2. The van der Waals surface area contributed by atoms with Crippen molar-refractivity contribution in [2.75, 3.05) is 20.7 Å². The maximum atomic E-state index is 11.3. The van der Waals surface area contributed by atoms with E-state index in [1.165, 1.54) is 16.2 Å². The predicted octanol–water partition coefficient (Wildman–Crippen LogP) is 1.50. The van der Waals surface area contributed by atoms with E-state index in [0.29, 0.717) is 24.6 Å². The second-order valence-electron chi connectivity index (χ2n) is 5.88. The number of primary amides is 1. The summed E-state index contributed by atoms with van der Waals surface area (Å²) in [6.45, 7) is 1.00. The van der Waals surface area contributed by atoms with E-state index in [2.05, 4.69) is 23.8 Å². The standard InChI is InChI=1S/C14H12N2O2S.C5H9NO2.C2H2/c1-3-9-5-4-6-10(7-9)14-16-12(13(15)17)11(19-14)8-18-2;1-6-3-2-4(7)5(6)8;1-2/h1,4-7H,8H2,2H3,(H2,15,17);4,7H,2-3H2,1H3;1-2H/t;4-;/m.0./s1. The van der Waals surface area contributed by atoms with Crippen LogP contribution in [0, 0.1) is 25.2 Å². The lowest BCUT2D eigenvalue weighted by Crippen LogP contribution is -2.24. The maximum Gasteiger partial charge on any atom is 0.268 e. The van der Waals surface area contributed by atoms with Gasteiger partial charge in [0.2, 0.25) is 0 Å². The molecular formula is C21H23N3O4S. The zero-order valence-corrected chi connectivity index (χ0v) is 17.1. The number of amides is 2. The summed E-state index contributed by atoms with van der Waals surface area (Å²) in [7, 11) is 3.25. The number of likely N-dealkylation sites (N-methyl/N-ethyl adjacent to an activating group) is 1. The zero-order valence-electron chi connectivity index (χ0n) is 16.3. The normalized spacial score (nSPS) is 14.8. The molecular weight excluding hydrogens is 390 g/mol. The number of aliphatic hydroxyl groups is 1. The molecule has 1 aromatic carbocycles. The Kier molecular flexibility index (Phi) is 9.57. The van der Waals surface area contributed by atoms with E-state index in [-0.39, 0.29) is 11.6 Å². The first-order valence-electron chi connectivity index (χ1n) is 8.49. The van der Waals surface area contributed by atoms with E-state index in [0.717, 1.165) is 16.0 Å². The van der Waals surface area contributed by atoms with Gasteiger partial charge in [-0.25, -0.2) is 4.98 Å². The first-order chi connectivity index (χ1) is 13.9. The quantitative estimate of drug-likeness (QED) is 0.739. The van der Waals surface area contributed by atoms with Crippen LogP contribution in [0.1, 0.15) is 27.3 Å². The Morgan fingerprint density at radius 3 is 2.62 bits per heavy atom. The second-order valence-corrected chi connectivity index (χ2v) is 6.96. The first-order valence-corrected chi connectivity index (χ1v) is 9.30. The van der Waals surface area contributed by atoms with Crippen molar-refractivity contribution < 1.29 is 19.4 Å². The molecule has 7 nitrogen and oxygen atoms in total. The van der Waals surface area contributed by atoms with Crippen molar-refractivity contribution in [3.63, 3.8) is 0 Å². The topological polar surface area (TPSA) is 106 Å². The van der Waals surface area contributed by atoms with Gasteiger partial charge in [-0.2, -0.15) is 0 Å². The van der Waals surface area contributed by atoms with Gasteiger partial charge in [-0.05, 0) is 18.6 Å². The number of aromatic nitrogens is 1. The summed E-state index contributed by atoms with van der Waals surface area (Å²) in [5.74, 6) is 1.87. The number of ether oxygens (including phenoxy) is 1. The zero-order chi connectivity index (χ0) is 22.0. The van der Waals surface area contributed by atoms with Crippen LogP contribution in [0.2, 0.25) is 0 Å². The highest BCUT2D eigenvalue weighted by atomic mass is 32.1. The number of rotatable bonds is 4. The Labute approximate surface area is 174 Å². The highest BCUT2D eigenvalue weighted by Crippen LogP contribution is 2.29. The summed E-state index contributed by atoms with van der Waals surface area (Å²) in [6.07, 6.45) is 13.2. The molecule has 0 unspecified atom stereocenters. The average Bonchev–Trinajstić information content (AvgIpc) is 3.29. The van der Waals surface area contributed by atoms with Gasteiger partial charge >= 0.3 is 0 Å². The van der Waals surface area contributed by atoms with Crippen LogP contribution in [-0.4, -0.2) is 53.6 Å². The maximum absolute atomic E-state index is 11.3. The Hall–Kier alpha value is -3.17. The number of benzene rings is 1. The van der Waals surface area contributed by atoms with E-state index in [4.69, 9.17) is 22.0 Å². The molecule has 0 spiro atoms. The van der Waals surface area contributed by atoms with E-state index < -0.39 is 12.0 Å². The predicted molar refractivity (Wildman–Crippen MR) is 113 cm³/mol. The van der Waals surface area contributed by atoms with Crippen molar-refractivity contribution in [1.29, 1.82) is 0 Å². The number of aliphatic hydroxyl groups excluding tert-OH is 1. The summed E-state index contributed by atoms with van der Waals surface area (Å²) < 4.78 is 5.04. The Morgan fingerprint density at radius 1 is 1.48 bits per heavy atom. The van der Waals surface area contributed by atoms with Crippen molar-refractivity contribution >= 4 is 23.2 Å². The summed E-state index contributed by atoms with van der Waals surface area (Å²) in [5, 5.41) is 9.48. The number of likely N-dealkylation sites (tertiary alicyclic amines) is 1. The molecule has 152 valence electrons. The van der Waals surface area contributed by atoms with Crippen LogP contribution < -0.4 is 5.73 Å². The molecule has 2 aromatic rings. The molecule has 1 aromatic heterocycles. The molecule has 1 aliphatic rings. The minimum atomic E-state index is -0.722. The fraction of sp³-hybridized carbons (Fsp3) is 0.286. The molecule has 2 amide bonds. The molecule has 0 aliphatic carbocycles. The Bertz CT molecular complexity index is 902. The lowest BCUT2D eigenvalue weighted by molar-refractivity contribution is -0.133. The molecule has 1 fully saturated rings. The number of hydrogen-bond acceptors (Lipinski definition) is 6. The van der Waals surface area contributed by atoms with E-state index in [1.54, 1.807) is 14.2 Å². The number of carbonyl (C=O) groups excluding carboxylic acids is 2. The minimum Gasteiger partial charge on any atom is -0.383 e. The molecule has 1 saturated heterocycles. The number of nitrogens with zero attached hydrogens (tertiary/aromatic N) is 2. The van der Waals surface area contributed by atoms with E-state index >= 15 is 0 Å². The lowest BCUT2D eigenvalue weighted by Gasteiger charge is -2.04. The van der Waals surface area contributed by atoms with Crippen molar-refractivity contribution in [2.45, 2.75) is 19.1 Å². The van der Waals surface area contributed by atoms with Crippen molar-refractivity contribution in [3.8, 4) is 35.8 Å². The largest absolute Gasteiger partial charge is 0.383 e. The van der Waals surface area contributed by atoms with Crippen molar-refractivity contribution in [3.05, 3.63) is 40.4 Å². The van der Waals surface area contributed by atoms with Crippen LogP contribution in [0.25, 0.3) is 10.6 Å². The number of carbonyl (C=O) groups is 2. The molecule has 29 heavy (non-hydrogen) atoms. The molecule has 2 heterocycles. The van der Waals surface area contributed by atoms with Gasteiger partial charge in [0.1, 0.15) is 16.8 Å². The van der Waals surface area contributed by atoms with Gasteiger partial charge in [0.25, 0.3) is 11.8 Å². The van der Waals surface area contributed by atoms with Gasteiger partial charge < -0.3 is 20.5 Å². The van der Waals surface area contributed by atoms with Gasteiger partial charge in [-0.15, -0.1) is 30.6 Å². The second kappa shape index (κ2) is 11.6. The summed E-state index contributed by atoms with van der Waals surface area (Å²) >= 11 is 1.38. The summed E-state index contributed by atoms with van der Waals surface area (Å²) in [6, 6.07) is 7.43. The smallest absolute Gasteiger partial charge is 0.268 e. The van der Waals surface area contributed by atoms with Gasteiger partial charge in [-0.1, -0.05) is 18.1 Å². The summed E-state index contributed by atoms with van der Waals surface area (Å²) in [4.78, 5) is 28.4. The summed E-state index contributed by atoms with van der Waals surface area (Å²) in [5.41, 5.74) is 7.20. The lowest BCUT2D eigenvalue weighted by atomic mass is 10.1. The SMILES string of the molecule is C#C.C#Cc1cccc(-c2nc(C(N)=O)c(COC)s2)c1.CN1CC[C@H](O)C1=O. The van der Waals surface area contributed by atoms with Gasteiger partial charge in [0.15, 0.2) is 0 Å². The molecule has 3 rings (SSSR count). The first kappa shape index (κ1) is 23.9. The number of terminal acetylenes is 2. The fourth-order valence-corrected chi connectivity index (χ4v) is 3.48. The van der Waals surface area contributed by atoms with Crippen molar-refractivity contribution in [1.82, 2.24) is 9.88 Å². The molecule has 0 radical (unpaired) electrons. The fourth-order valence-electron chi connectivity index (χ4n) is 2.44. The third-order valence-electron chi connectivity index (χ3n) is 3.88. The number of nitrogens with two attached hydrogens (primary N) is 1. The van der Waals surface area contributed by atoms with Crippen LogP contribution in [0.5, 0.6) is 0 Å². The average molecular weight is 413 g/mol. The molecule has 0 saturated carbocycles. The Morgan fingerprint density at radius 2 is 2.17 bits per heavy atom. The molecule has 8 heteroatoms. The van der Waals surface area contributed by atoms with Crippen molar-refractivity contribution in [2.24, 2.45) is 5.73 Å². The van der Waals surface area contributed by atoms with Crippen LogP contribution in [-0.2, 0) is 16.1 Å². The van der Waals surface area contributed by atoms with Gasteiger partial charge in [-0.3, -0.25) is 9.59 Å². The van der Waals surface area contributed by atoms with Crippen LogP contribution in [0.15, 0.2) is 24.3 Å². The highest BCUT2D eigenvalue weighted by Gasteiger charge is 2.26. The third kappa shape index (κ3) is 6.44. The molecule has 1 aliphatic heterocycles. The highest BCUT2D eigenvalue weighted by molar-refractivity contribution is 7.15. The molecule has 1 atom stereocenters. The number of thiazole rings is 1. The molecule has 0 bridgehead atoms. The number of methoxy groups -OCH3 is 1. The van der Waals surface area contributed by atoms with Gasteiger partial charge in [0, 0.05) is 31.8 Å². The van der Waals surface area contributed by atoms with Crippen LogP contribution in [0.3, 0.4) is 0 Å². The van der Waals surface area contributed by atoms with E-state index in [1.807, 2.05) is 24.3 Å².